The van der Waals surface area contributed by atoms with E-state index in [2.05, 4.69) is 10.5 Å². The minimum atomic E-state index is -0.345. The van der Waals surface area contributed by atoms with Crippen molar-refractivity contribution in [3.05, 3.63) is 58.4 Å². The van der Waals surface area contributed by atoms with E-state index in [0.29, 0.717) is 40.9 Å². The van der Waals surface area contributed by atoms with Crippen molar-refractivity contribution in [2.75, 3.05) is 13.2 Å². The Kier molecular flexibility index (Phi) is 7.41. The van der Waals surface area contributed by atoms with Crippen LogP contribution < -0.4 is 14.9 Å². The minimum absolute atomic E-state index is 0.0961. The number of hydrogen-bond donors (Lipinski definition) is 1. The number of carbonyl (C=O) groups excluding carboxylic acids is 1. The monoisotopic (exact) mass is 378 g/mol. The number of benzene rings is 2. The number of ether oxygens (including phenoxy) is 2. The van der Waals surface area contributed by atoms with Gasteiger partial charge in [-0.15, -0.1) is 0 Å². The first kappa shape index (κ1) is 19.7. The van der Waals surface area contributed by atoms with Crippen molar-refractivity contribution >= 4 is 23.7 Å². The van der Waals surface area contributed by atoms with Gasteiger partial charge in [-0.05, 0) is 37.6 Å². The predicted octanol–water partition coefficient (Wildman–Crippen LogP) is 3.97. The quantitative estimate of drug-likeness (QED) is 0.558. The van der Waals surface area contributed by atoms with Crippen LogP contribution >= 0.6 is 11.6 Å². The number of nitrogens with one attached hydrogen (secondary N) is 1. The van der Waals surface area contributed by atoms with Gasteiger partial charge in [0.15, 0.2) is 11.5 Å². The lowest BCUT2D eigenvalue weighted by atomic mass is 10.1. The van der Waals surface area contributed by atoms with Crippen molar-refractivity contribution in [3.8, 4) is 11.5 Å². The Balaban J connectivity index is 2.03. The van der Waals surface area contributed by atoms with E-state index >= 15 is 0 Å². The average Bonchev–Trinajstić information content (AvgIpc) is 2.61. The summed E-state index contributed by atoms with van der Waals surface area (Å²) in [6.45, 7) is 4.71. The van der Waals surface area contributed by atoms with Crippen LogP contribution in [0.3, 0.4) is 0 Å². The summed E-state index contributed by atoms with van der Waals surface area (Å²) in [5.74, 6) is 0.442. The second-order valence-electron chi connectivity index (χ2n) is 5.28. The molecule has 0 saturated carbocycles. The number of nitrogens with zero attached hydrogens (tertiary/aromatic N) is 1. The molecule has 0 heterocycles. The normalized spacial score (nSPS) is 10.8. The van der Waals surface area contributed by atoms with E-state index in [1.807, 2.05) is 13.8 Å². The van der Waals surface area contributed by atoms with E-state index in [1.165, 1.54) is 18.3 Å². The fraction of sp³-hybridized carbons (Fsp3) is 0.263. The Bertz CT molecular complexity index is 779. The Morgan fingerprint density at radius 2 is 1.77 bits per heavy atom. The maximum atomic E-state index is 12.9. The molecule has 1 N–H and O–H groups in total. The van der Waals surface area contributed by atoms with Crippen LogP contribution in [0.5, 0.6) is 11.5 Å². The summed E-state index contributed by atoms with van der Waals surface area (Å²) in [7, 11) is 0. The molecule has 0 fully saturated rings. The highest BCUT2D eigenvalue weighted by molar-refractivity contribution is 6.33. The minimum Gasteiger partial charge on any atom is -0.490 e. The van der Waals surface area contributed by atoms with E-state index in [9.17, 15) is 9.18 Å². The van der Waals surface area contributed by atoms with Crippen molar-refractivity contribution in [2.45, 2.75) is 20.3 Å². The van der Waals surface area contributed by atoms with E-state index in [1.54, 1.807) is 24.3 Å². The molecule has 0 aliphatic heterocycles. The first-order chi connectivity index (χ1) is 12.5. The van der Waals surface area contributed by atoms with Gasteiger partial charge in [0.25, 0.3) is 0 Å². The largest absolute Gasteiger partial charge is 0.490 e. The van der Waals surface area contributed by atoms with Crippen molar-refractivity contribution in [1.82, 2.24) is 5.43 Å². The average molecular weight is 379 g/mol. The van der Waals surface area contributed by atoms with Gasteiger partial charge in [0, 0.05) is 11.6 Å². The molecule has 0 aromatic heterocycles. The standard InChI is InChI=1S/C19H20ClFN2O3/c1-3-25-17-10-14(16(20)11-18(17)26-4-2)12-22-23-19(24)9-13-5-7-15(21)8-6-13/h5-8,10-12H,3-4,9H2,1-2H3,(H,23,24)/b22-12+. The van der Waals surface area contributed by atoms with Gasteiger partial charge in [0.2, 0.25) is 5.91 Å². The summed E-state index contributed by atoms with van der Waals surface area (Å²) < 4.78 is 23.9. The van der Waals surface area contributed by atoms with Gasteiger partial charge in [-0.3, -0.25) is 4.79 Å². The molecule has 138 valence electrons. The third-order valence-electron chi connectivity index (χ3n) is 3.33. The Hall–Kier alpha value is -2.60. The fourth-order valence-electron chi connectivity index (χ4n) is 2.19. The molecule has 0 spiro atoms. The van der Waals surface area contributed by atoms with Crippen molar-refractivity contribution in [3.63, 3.8) is 0 Å². The molecular weight excluding hydrogens is 359 g/mol. The van der Waals surface area contributed by atoms with E-state index in [4.69, 9.17) is 21.1 Å². The summed E-state index contributed by atoms with van der Waals surface area (Å²) in [6, 6.07) is 9.07. The summed E-state index contributed by atoms with van der Waals surface area (Å²) in [6.07, 6.45) is 1.53. The van der Waals surface area contributed by atoms with Gasteiger partial charge >= 0.3 is 0 Å². The number of halogens is 2. The molecule has 0 aliphatic rings. The molecule has 5 nitrogen and oxygen atoms in total. The Morgan fingerprint density at radius 1 is 1.15 bits per heavy atom. The van der Waals surface area contributed by atoms with Gasteiger partial charge in [-0.25, -0.2) is 9.82 Å². The Labute approximate surface area is 156 Å². The van der Waals surface area contributed by atoms with Crippen LogP contribution in [0.1, 0.15) is 25.0 Å². The lowest BCUT2D eigenvalue weighted by Gasteiger charge is -2.12. The molecule has 7 heteroatoms. The summed E-state index contributed by atoms with van der Waals surface area (Å²) in [4.78, 5) is 11.9. The van der Waals surface area contributed by atoms with Crippen LogP contribution in [0.2, 0.25) is 5.02 Å². The summed E-state index contributed by atoms with van der Waals surface area (Å²) >= 11 is 6.22. The lowest BCUT2D eigenvalue weighted by Crippen LogP contribution is -2.19. The van der Waals surface area contributed by atoms with E-state index < -0.39 is 0 Å². The van der Waals surface area contributed by atoms with Crippen LogP contribution in [0.4, 0.5) is 4.39 Å². The molecule has 0 atom stereocenters. The zero-order valence-electron chi connectivity index (χ0n) is 14.6. The van der Waals surface area contributed by atoms with Crippen LogP contribution in [0, 0.1) is 5.82 Å². The first-order valence-electron chi connectivity index (χ1n) is 8.19. The van der Waals surface area contributed by atoms with Gasteiger partial charge in [-0.1, -0.05) is 23.7 Å². The summed E-state index contributed by atoms with van der Waals surface area (Å²) in [5.41, 5.74) is 3.69. The number of rotatable bonds is 8. The van der Waals surface area contributed by atoms with E-state index in [0.717, 1.165) is 0 Å². The van der Waals surface area contributed by atoms with Gasteiger partial charge < -0.3 is 9.47 Å². The zero-order chi connectivity index (χ0) is 18.9. The third kappa shape index (κ3) is 5.74. The maximum Gasteiger partial charge on any atom is 0.244 e. The topological polar surface area (TPSA) is 59.9 Å². The zero-order valence-corrected chi connectivity index (χ0v) is 15.3. The predicted molar refractivity (Wildman–Crippen MR) is 99.6 cm³/mol. The van der Waals surface area contributed by atoms with Gasteiger partial charge in [0.1, 0.15) is 5.82 Å². The molecule has 2 aromatic rings. The lowest BCUT2D eigenvalue weighted by molar-refractivity contribution is -0.120. The van der Waals surface area contributed by atoms with Crippen molar-refractivity contribution in [2.24, 2.45) is 5.10 Å². The second-order valence-corrected chi connectivity index (χ2v) is 5.69. The maximum absolute atomic E-state index is 12.9. The van der Waals surface area contributed by atoms with Crippen molar-refractivity contribution < 1.29 is 18.7 Å². The van der Waals surface area contributed by atoms with Crippen LogP contribution in [0.25, 0.3) is 0 Å². The first-order valence-corrected chi connectivity index (χ1v) is 8.56. The number of hydrazone groups is 1. The van der Waals surface area contributed by atoms with Crippen LogP contribution in [-0.4, -0.2) is 25.3 Å². The smallest absolute Gasteiger partial charge is 0.244 e. The molecule has 0 saturated heterocycles. The molecular formula is C19H20ClFN2O3. The molecule has 26 heavy (non-hydrogen) atoms. The molecule has 0 aliphatic carbocycles. The molecule has 2 rings (SSSR count). The number of hydrogen-bond acceptors (Lipinski definition) is 4. The number of amides is 1. The molecule has 2 aromatic carbocycles. The highest BCUT2D eigenvalue weighted by Crippen LogP contribution is 2.33. The van der Waals surface area contributed by atoms with Gasteiger partial charge in [-0.2, -0.15) is 5.10 Å². The van der Waals surface area contributed by atoms with Crippen LogP contribution in [-0.2, 0) is 11.2 Å². The molecule has 0 radical (unpaired) electrons. The number of carbonyl (C=O) groups is 1. The van der Waals surface area contributed by atoms with Crippen LogP contribution in [0.15, 0.2) is 41.5 Å². The summed E-state index contributed by atoms with van der Waals surface area (Å²) in [5, 5.41) is 4.34. The van der Waals surface area contributed by atoms with Crippen molar-refractivity contribution in [1.29, 1.82) is 0 Å². The highest BCUT2D eigenvalue weighted by Gasteiger charge is 2.10. The fourth-order valence-corrected chi connectivity index (χ4v) is 2.39. The highest BCUT2D eigenvalue weighted by atomic mass is 35.5. The molecule has 0 bridgehead atoms. The molecule has 0 unspecified atom stereocenters. The molecule has 1 amide bonds. The second kappa shape index (κ2) is 9.77. The van der Waals surface area contributed by atoms with E-state index in [-0.39, 0.29) is 18.1 Å². The third-order valence-corrected chi connectivity index (χ3v) is 3.66. The SMILES string of the molecule is CCOc1cc(Cl)c(/C=N/NC(=O)Cc2ccc(F)cc2)cc1OCC. The Morgan fingerprint density at radius 3 is 2.38 bits per heavy atom. The van der Waals surface area contributed by atoms with Gasteiger partial charge in [0.05, 0.1) is 30.9 Å².